The molecular weight excluding hydrogens is 374 g/mol. The SMILES string of the molecule is O=[N+](O)c1ccc(S(=O)(=O)n2cnc3ccc(Br)cc32)cc1. The van der Waals surface area contributed by atoms with Crippen LogP contribution in [-0.2, 0) is 10.0 Å². The Kier molecular flexibility index (Phi) is 3.45. The lowest BCUT2D eigenvalue weighted by Crippen LogP contribution is -2.11. The number of imidazole rings is 1. The highest BCUT2D eigenvalue weighted by Gasteiger charge is 2.21. The van der Waals surface area contributed by atoms with E-state index in [2.05, 4.69) is 20.9 Å². The molecule has 1 heterocycles. The number of rotatable bonds is 3. The second kappa shape index (κ2) is 5.18. The third-order valence-corrected chi connectivity index (χ3v) is 5.26. The molecule has 3 rings (SSSR count). The van der Waals surface area contributed by atoms with E-state index < -0.39 is 10.0 Å². The van der Waals surface area contributed by atoms with E-state index in [0.29, 0.717) is 11.0 Å². The van der Waals surface area contributed by atoms with Crippen LogP contribution in [0.15, 0.2) is 58.2 Å². The van der Waals surface area contributed by atoms with Crippen molar-refractivity contribution in [2.75, 3.05) is 0 Å². The Balaban J connectivity index is 2.15. The van der Waals surface area contributed by atoms with Crippen LogP contribution in [0.4, 0.5) is 5.69 Å². The van der Waals surface area contributed by atoms with Gasteiger partial charge in [-0.3, -0.25) is 0 Å². The van der Waals surface area contributed by atoms with Gasteiger partial charge < -0.3 is 0 Å². The van der Waals surface area contributed by atoms with Crippen molar-refractivity contribution in [3.8, 4) is 0 Å². The van der Waals surface area contributed by atoms with Gasteiger partial charge in [0.1, 0.15) is 6.33 Å². The summed E-state index contributed by atoms with van der Waals surface area (Å²) in [5.74, 6) is 0. The lowest BCUT2D eigenvalue weighted by Gasteiger charge is -2.06. The first kappa shape index (κ1) is 14.7. The van der Waals surface area contributed by atoms with Crippen LogP contribution < -0.4 is 0 Å². The van der Waals surface area contributed by atoms with E-state index in [1.54, 1.807) is 18.2 Å². The first-order valence-electron chi connectivity index (χ1n) is 6.04. The molecule has 0 fully saturated rings. The van der Waals surface area contributed by atoms with E-state index in [1.807, 2.05) is 0 Å². The second-order valence-electron chi connectivity index (χ2n) is 4.45. The second-order valence-corrected chi connectivity index (χ2v) is 7.18. The maximum absolute atomic E-state index is 12.7. The van der Waals surface area contributed by atoms with Crippen molar-refractivity contribution in [3.63, 3.8) is 0 Å². The molecule has 0 aliphatic heterocycles. The molecule has 112 valence electrons. The summed E-state index contributed by atoms with van der Waals surface area (Å²) in [4.78, 5) is 14.5. The zero-order valence-electron chi connectivity index (χ0n) is 10.9. The minimum Gasteiger partial charge on any atom is -0.241 e. The van der Waals surface area contributed by atoms with Gasteiger partial charge in [0, 0.05) is 16.6 Å². The molecule has 3 aromatic rings. The number of hydrogen-bond donors (Lipinski definition) is 1. The van der Waals surface area contributed by atoms with Crippen molar-refractivity contribution in [1.82, 2.24) is 8.96 Å². The van der Waals surface area contributed by atoms with Crippen molar-refractivity contribution in [2.24, 2.45) is 0 Å². The van der Waals surface area contributed by atoms with Crippen LogP contribution in [0.25, 0.3) is 11.0 Å². The van der Waals surface area contributed by atoms with Crippen LogP contribution in [0, 0.1) is 4.91 Å². The van der Waals surface area contributed by atoms with E-state index in [1.165, 1.54) is 30.6 Å². The molecule has 1 N–H and O–H groups in total. The van der Waals surface area contributed by atoms with Gasteiger partial charge in [0.15, 0.2) is 0 Å². The molecule has 1 aromatic heterocycles. The van der Waals surface area contributed by atoms with Gasteiger partial charge in [0.25, 0.3) is 14.9 Å². The molecule has 0 saturated carbocycles. The number of benzene rings is 2. The highest BCUT2D eigenvalue weighted by molar-refractivity contribution is 9.10. The fraction of sp³-hybridized carbons (Fsp3) is 0. The molecule has 2 aromatic carbocycles. The zero-order chi connectivity index (χ0) is 15.9. The molecule has 22 heavy (non-hydrogen) atoms. The van der Waals surface area contributed by atoms with Gasteiger partial charge in [-0.2, -0.15) is 0 Å². The van der Waals surface area contributed by atoms with Crippen molar-refractivity contribution in [1.29, 1.82) is 0 Å². The normalized spacial score (nSPS) is 11.7. The van der Waals surface area contributed by atoms with E-state index in [0.717, 1.165) is 8.45 Å². The molecule has 0 bridgehead atoms. The summed E-state index contributed by atoms with van der Waals surface area (Å²) in [6, 6.07) is 10.1. The molecule has 0 aliphatic carbocycles. The Bertz CT molecular complexity index is 980. The van der Waals surface area contributed by atoms with Crippen LogP contribution in [0.5, 0.6) is 0 Å². The van der Waals surface area contributed by atoms with Crippen molar-refractivity contribution >= 4 is 42.7 Å². The molecule has 0 atom stereocenters. The summed E-state index contributed by atoms with van der Waals surface area (Å²) in [5, 5.41) is 8.78. The van der Waals surface area contributed by atoms with Crippen LogP contribution >= 0.6 is 15.9 Å². The van der Waals surface area contributed by atoms with Gasteiger partial charge in [-0.25, -0.2) is 22.6 Å². The molecule has 9 heteroatoms. The molecule has 0 spiro atoms. The van der Waals surface area contributed by atoms with Crippen molar-refractivity contribution in [3.05, 3.63) is 58.2 Å². The smallest absolute Gasteiger partial charge is 0.241 e. The van der Waals surface area contributed by atoms with E-state index in [4.69, 9.17) is 5.21 Å². The molecule has 0 unspecified atom stereocenters. The summed E-state index contributed by atoms with van der Waals surface area (Å²) in [7, 11) is -3.85. The lowest BCUT2D eigenvalue weighted by molar-refractivity contribution is -0.729. The number of aromatic nitrogens is 2. The van der Waals surface area contributed by atoms with Gasteiger partial charge in [0.05, 0.1) is 20.8 Å². The summed E-state index contributed by atoms with van der Waals surface area (Å²) in [6.07, 6.45) is 1.23. The van der Waals surface area contributed by atoms with Crippen molar-refractivity contribution < 1.29 is 18.5 Å². The minimum atomic E-state index is -3.85. The largest absolute Gasteiger partial charge is 0.316 e. The maximum Gasteiger partial charge on any atom is 0.316 e. The molecular formula is C13H9BrN3O4S+. The number of nitrogens with zero attached hydrogens (tertiary/aromatic N) is 3. The highest BCUT2D eigenvalue weighted by Crippen LogP contribution is 2.24. The standard InChI is InChI=1S/C13H9BrN3O4S/c14-9-1-6-12-13(7-9)16(8-15-12)22(20,21)11-4-2-10(3-5-11)17(18)19/h1-8H,(H,18,19)/q+1. The fourth-order valence-electron chi connectivity index (χ4n) is 2.01. The fourth-order valence-corrected chi connectivity index (χ4v) is 3.64. The van der Waals surface area contributed by atoms with Gasteiger partial charge >= 0.3 is 5.69 Å². The lowest BCUT2D eigenvalue weighted by atomic mass is 10.3. The highest BCUT2D eigenvalue weighted by atomic mass is 79.9. The van der Waals surface area contributed by atoms with Crippen LogP contribution in [-0.4, -0.2) is 27.5 Å². The predicted octanol–water partition coefficient (Wildman–Crippen LogP) is 2.84. The van der Waals surface area contributed by atoms with E-state index in [-0.39, 0.29) is 15.5 Å². The summed E-state index contributed by atoms with van der Waals surface area (Å²) >= 11 is 3.30. The Morgan fingerprint density at radius 3 is 2.45 bits per heavy atom. The van der Waals surface area contributed by atoms with Crippen LogP contribution in [0.1, 0.15) is 0 Å². The van der Waals surface area contributed by atoms with Crippen LogP contribution in [0.3, 0.4) is 0 Å². The molecule has 0 aliphatic rings. The van der Waals surface area contributed by atoms with Gasteiger partial charge in [-0.15, -0.1) is 0 Å². The Morgan fingerprint density at radius 2 is 1.82 bits per heavy atom. The summed E-state index contributed by atoms with van der Waals surface area (Å²) in [6.45, 7) is 0. The topological polar surface area (TPSA) is 92.3 Å². The van der Waals surface area contributed by atoms with Crippen molar-refractivity contribution in [2.45, 2.75) is 4.90 Å². The number of hydrogen-bond acceptors (Lipinski definition) is 4. The maximum atomic E-state index is 12.7. The average molecular weight is 383 g/mol. The predicted molar refractivity (Wildman–Crippen MR) is 81.5 cm³/mol. The van der Waals surface area contributed by atoms with E-state index >= 15 is 0 Å². The van der Waals surface area contributed by atoms with Crippen LogP contribution in [0.2, 0.25) is 0 Å². The summed E-state index contributed by atoms with van der Waals surface area (Å²) < 4.78 is 27.1. The van der Waals surface area contributed by atoms with E-state index in [9.17, 15) is 13.3 Å². The Hall–Kier alpha value is -2.26. The minimum absolute atomic E-state index is 0.0163. The molecule has 0 amide bonds. The van der Waals surface area contributed by atoms with Gasteiger partial charge in [-0.1, -0.05) is 15.9 Å². The quantitative estimate of drug-likeness (QED) is 0.703. The van der Waals surface area contributed by atoms with Gasteiger partial charge in [0.2, 0.25) is 0 Å². The first-order chi connectivity index (χ1) is 10.4. The average Bonchev–Trinajstić information content (AvgIpc) is 2.91. The first-order valence-corrected chi connectivity index (χ1v) is 8.27. The monoisotopic (exact) mass is 382 g/mol. The summed E-state index contributed by atoms with van der Waals surface area (Å²) in [5.41, 5.74) is 0.924. The molecule has 0 radical (unpaired) electrons. The molecule has 7 nitrogen and oxygen atoms in total. The third kappa shape index (κ3) is 2.38. The molecule has 0 saturated heterocycles. The zero-order valence-corrected chi connectivity index (χ0v) is 13.3. The number of halogens is 1. The number of fused-ring (bicyclic) bond motifs is 1. The van der Waals surface area contributed by atoms with Gasteiger partial charge in [-0.05, 0) is 30.3 Å². The third-order valence-electron chi connectivity index (χ3n) is 3.09. The Labute approximate surface area is 133 Å². The Morgan fingerprint density at radius 1 is 1.14 bits per heavy atom.